The lowest BCUT2D eigenvalue weighted by atomic mass is 9.70. The van der Waals surface area contributed by atoms with Gasteiger partial charge in [0.25, 0.3) is 0 Å². The SMILES string of the molecule is c1ccc(-c2ccc(-c3ccccc3N(c3ccc4c(c3)C3(c5ccccc5-c5ccccc53)c3ccccc3-4)c3ccc4c5ccccc5n(-c5ccccc5)c4c3)c3ccccc23)cc1. The van der Waals surface area contributed by atoms with Crippen molar-refractivity contribution >= 4 is 49.6 Å². The number of rotatable bonds is 6. The Labute approximate surface area is 389 Å². The van der Waals surface area contributed by atoms with Crippen molar-refractivity contribution in [3.63, 3.8) is 0 Å². The number of benzene rings is 11. The van der Waals surface area contributed by atoms with Gasteiger partial charge in [0, 0.05) is 33.4 Å². The minimum absolute atomic E-state index is 0.479. The number of fused-ring (bicyclic) bond motifs is 14. The Morgan fingerprint density at radius 3 is 1.43 bits per heavy atom. The van der Waals surface area contributed by atoms with Crippen LogP contribution in [0, 0.1) is 0 Å². The molecule has 1 spiro atoms. The van der Waals surface area contributed by atoms with Gasteiger partial charge in [-0.25, -0.2) is 0 Å². The molecule has 0 unspecified atom stereocenters. The van der Waals surface area contributed by atoms with Gasteiger partial charge in [-0.2, -0.15) is 0 Å². The van der Waals surface area contributed by atoms with Gasteiger partial charge < -0.3 is 9.47 Å². The fourth-order valence-electron chi connectivity index (χ4n) is 11.9. The van der Waals surface area contributed by atoms with E-state index >= 15 is 0 Å². The number of hydrogen-bond acceptors (Lipinski definition) is 1. The molecule has 0 amide bonds. The molecule has 2 aliphatic carbocycles. The Bertz CT molecular complexity index is 3870. The van der Waals surface area contributed by atoms with Crippen molar-refractivity contribution in [3.8, 4) is 50.2 Å². The average molecular weight is 851 g/mol. The maximum Gasteiger partial charge on any atom is 0.0726 e. The van der Waals surface area contributed by atoms with Crippen LogP contribution in [0.5, 0.6) is 0 Å². The second-order valence-corrected chi connectivity index (χ2v) is 17.9. The summed E-state index contributed by atoms with van der Waals surface area (Å²) in [7, 11) is 0. The third-order valence-electron chi connectivity index (χ3n) is 14.6. The normalized spacial score (nSPS) is 12.9. The monoisotopic (exact) mass is 850 g/mol. The van der Waals surface area contributed by atoms with E-state index in [0.717, 1.165) is 33.8 Å². The molecule has 67 heavy (non-hydrogen) atoms. The van der Waals surface area contributed by atoms with E-state index in [2.05, 4.69) is 264 Å². The summed E-state index contributed by atoms with van der Waals surface area (Å²) in [6.45, 7) is 0. The zero-order valence-electron chi connectivity index (χ0n) is 36.6. The molecule has 0 bridgehead atoms. The van der Waals surface area contributed by atoms with Gasteiger partial charge in [0.2, 0.25) is 0 Å². The molecule has 0 atom stereocenters. The van der Waals surface area contributed by atoms with Crippen LogP contribution < -0.4 is 4.90 Å². The van der Waals surface area contributed by atoms with E-state index in [9.17, 15) is 0 Å². The van der Waals surface area contributed by atoms with Crippen molar-refractivity contribution in [2.45, 2.75) is 5.41 Å². The third kappa shape index (κ3) is 5.39. The van der Waals surface area contributed by atoms with Crippen molar-refractivity contribution in [2.75, 3.05) is 4.90 Å². The van der Waals surface area contributed by atoms with Gasteiger partial charge in [-0.1, -0.05) is 206 Å². The Balaban J connectivity index is 1.06. The van der Waals surface area contributed by atoms with Crippen LogP contribution in [0.1, 0.15) is 22.3 Å². The molecule has 14 rings (SSSR count). The largest absolute Gasteiger partial charge is 0.310 e. The van der Waals surface area contributed by atoms with Crippen molar-refractivity contribution < 1.29 is 0 Å². The van der Waals surface area contributed by atoms with Crippen LogP contribution in [0.25, 0.3) is 82.8 Å². The highest BCUT2D eigenvalue weighted by molar-refractivity contribution is 6.11. The van der Waals surface area contributed by atoms with E-state index in [1.165, 1.54) is 88.3 Å². The molecule has 0 saturated carbocycles. The number of hydrogen-bond donors (Lipinski definition) is 0. The zero-order chi connectivity index (χ0) is 44.1. The molecule has 312 valence electrons. The molecular formula is C65H42N2. The van der Waals surface area contributed by atoms with E-state index in [-0.39, 0.29) is 0 Å². The van der Waals surface area contributed by atoms with E-state index < -0.39 is 5.41 Å². The highest BCUT2D eigenvalue weighted by atomic mass is 15.1. The quantitative estimate of drug-likeness (QED) is 0.162. The molecule has 1 heterocycles. The molecular weight excluding hydrogens is 809 g/mol. The van der Waals surface area contributed by atoms with Gasteiger partial charge in [0.05, 0.1) is 22.1 Å². The van der Waals surface area contributed by atoms with Crippen LogP contribution in [0.15, 0.2) is 255 Å². The smallest absolute Gasteiger partial charge is 0.0726 e. The Kier molecular flexibility index (Phi) is 8.23. The number of anilines is 3. The van der Waals surface area contributed by atoms with E-state index in [1.54, 1.807) is 0 Å². The predicted octanol–water partition coefficient (Wildman–Crippen LogP) is 17.1. The van der Waals surface area contributed by atoms with Crippen LogP contribution in [-0.2, 0) is 5.41 Å². The number of para-hydroxylation sites is 3. The first kappa shape index (κ1) is 37.6. The standard InChI is InChI=1S/C65H42N2/c1-3-19-43(20-4-1)47-39-40-50(49-24-8-7-23-48(47)49)55-28-12-17-33-62(55)66(46-36-38-57-56-29-13-18-34-63(56)67(64(57)42-46)44-21-5-2-6-22-44)45-35-37-54-53-27-11-16-32-60(53)65(61(54)41-45)58-30-14-9-25-51(58)52-26-10-15-31-59(52)65/h1-42H. The summed E-state index contributed by atoms with van der Waals surface area (Å²) in [6, 6.07) is 94.4. The van der Waals surface area contributed by atoms with Gasteiger partial charge in [0.15, 0.2) is 0 Å². The summed E-state index contributed by atoms with van der Waals surface area (Å²) >= 11 is 0. The summed E-state index contributed by atoms with van der Waals surface area (Å²) < 4.78 is 2.43. The Morgan fingerprint density at radius 1 is 0.284 bits per heavy atom. The molecule has 0 fully saturated rings. The second-order valence-electron chi connectivity index (χ2n) is 17.9. The minimum Gasteiger partial charge on any atom is -0.310 e. The van der Waals surface area contributed by atoms with Crippen LogP contribution >= 0.6 is 0 Å². The second kappa shape index (κ2) is 14.7. The molecule has 0 N–H and O–H groups in total. The summed E-state index contributed by atoms with van der Waals surface area (Å²) in [4.78, 5) is 2.52. The summed E-state index contributed by atoms with van der Waals surface area (Å²) in [5.74, 6) is 0. The number of aromatic nitrogens is 1. The predicted molar refractivity (Wildman–Crippen MR) is 280 cm³/mol. The van der Waals surface area contributed by atoms with Crippen molar-refractivity contribution in [1.29, 1.82) is 0 Å². The number of nitrogens with zero attached hydrogens (tertiary/aromatic N) is 2. The lowest BCUT2D eigenvalue weighted by Crippen LogP contribution is -2.26. The highest BCUT2D eigenvalue weighted by Gasteiger charge is 2.51. The van der Waals surface area contributed by atoms with Gasteiger partial charge in [-0.15, -0.1) is 0 Å². The van der Waals surface area contributed by atoms with E-state index in [1.807, 2.05) is 0 Å². The molecule has 1 aromatic heterocycles. The van der Waals surface area contributed by atoms with Gasteiger partial charge >= 0.3 is 0 Å². The van der Waals surface area contributed by atoms with Gasteiger partial charge in [0.1, 0.15) is 0 Å². The molecule has 2 heteroatoms. The lowest BCUT2D eigenvalue weighted by molar-refractivity contribution is 0.793. The van der Waals surface area contributed by atoms with Gasteiger partial charge in [-0.3, -0.25) is 0 Å². The summed E-state index contributed by atoms with van der Waals surface area (Å²) in [6.07, 6.45) is 0. The van der Waals surface area contributed by atoms with Crippen molar-refractivity contribution in [3.05, 3.63) is 277 Å². The Morgan fingerprint density at radius 2 is 0.746 bits per heavy atom. The van der Waals surface area contributed by atoms with Crippen LogP contribution in [0.4, 0.5) is 17.1 Å². The minimum atomic E-state index is -0.479. The molecule has 12 aromatic rings. The zero-order valence-corrected chi connectivity index (χ0v) is 36.6. The van der Waals surface area contributed by atoms with E-state index in [0.29, 0.717) is 0 Å². The molecule has 11 aromatic carbocycles. The molecule has 0 saturated heterocycles. The topological polar surface area (TPSA) is 8.17 Å². The maximum absolute atomic E-state index is 2.52. The van der Waals surface area contributed by atoms with Crippen molar-refractivity contribution in [1.82, 2.24) is 4.57 Å². The summed E-state index contributed by atoms with van der Waals surface area (Å²) in [5, 5.41) is 4.91. The third-order valence-corrected chi connectivity index (χ3v) is 14.6. The van der Waals surface area contributed by atoms with Gasteiger partial charge in [-0.05, 0) is 121 Å². The average Bonchev–Trinajstić information content (AvgIpc) is 4.01. The fourth-order valence-corrected chi connectivity index (χ4v) is 11.9. The van der Waals surface area contributed by atoms with Crippen LogP contribution in [-0.4, -0.2) is 4.57 Å². The molecule has 0 aliphatic heterocycles. The molecule has 2 nitrogen and oxygen atoms in total. The Hall–Kier alpha value is -8.72. The van der Waals surface area contributed by atoms with E-state index in [4.69, 9.17) is 0 Å². The van der Waals surface area contributed by atoms with Crippen LogP contribution in [0.3, 0.4) is 0 Å². The van der Waals surface area contributed by atoms with Crippen molar-refractivity contribution in [2.24, 2.45) is 0 Å². The highest BCUT2D eigenvalue weighted by Crippen LogP contribution is 2.63. The molecule has 0 radical (unpaired) electrons. The summed E-state index contributed by atoms with van der Waals surface area (Å²) in [5.41, 5.74) is 21.6. The fraction of sp³-hybridized carbons (Fsp3) is 0.0154. The maximum atomic E-state index is 2.52. The first-order valence-electron chi connectivity index (χ1n) is 23.3. The van der Waals surface area contributed by atoms with Crippen LogP contribution in [0.2, 0.25) is 0 Å². The lowest BCUT2D eigenvalue weighted by Gasteiger charge is -2.33. The first-order valence-corrected chi connectivity index (χ1v) is 23.3. The molecule has 2 aliphatic rings. The first-order chi connectivity index (χ1) is 33.3.